The normalized spacial score (nSPS) is 19.2. The predicted octanol–water partition coefficient (Wildman–Crippen LogP) is 4.06. The molecule has 1 aliphatic rings. The average molecular weight is 454 g/mol. The van der Waals surface area contributed by atoms with Crippen LogP contribution >= 0.6 is 0 Å². The molecular formula is C21H22F4N4O3. The maximum Gasteiger partial charge on any atom is 0.573 e. The van der Waals surface area contributed by atoms with Crippen LogP contribution in [0.25, 0.3) is 0 Å². The number of anilines is 1. The van der Waals surface area contributed by atoms with Crippen molar-refractivity contribution < 1.29 is 31.9 Å². The number of amides is 2. The number of alkyl halides is 3. The van der Waals surface area contributed by atoms with Gasteiger partial charge in [0, 0.05) is 37.2 Å². The number of likely N-dealkylation sites (tertiary alicyclic amines) is 1. The highest BCUT2D eigenvalue weighted by molar-refractivity contribution is 5.94. The minimum absolute atomic E-state index is 0.0596. The molecule has 0 radical (unpaired) electrons. The molecule has 2 aromatic rings. The van der Waals surface area contributed by atoms with Gasteiger partial charge in [-0.2, -0.15) is 0 Å². The second-order valence-corrected chi connectivity index (χ2v) is 7.85. The molecule has 1 fully saturated rings. The molecule has 1 unspecified atom stereocenters. The number of benzene rings is 1. The number of nitrogens with one attached hydrogen (secondary N) is 1. The number of ether oxygens (including phenoxy) is 1. The molecule has 2 heterocycles. The Bertz CT molecular complexity index is 1010. The summed E-state index contributed by atoms with van der Waals surface area (Å²) in [6, 6.07) is 4.41. The molecule has 0 bridgehead atoms. The van der Waals surface area contributed by atoms with Crippen LogP contribution in [-0.2, 0) is 10.2 Å². The summed E-state index contributed by atoms with van der Waals surface area (Å²) in [5.74, 6) is -2.82. The van der Waals surface area contributed by atoms with Crippen LogP contribution < -0.4 is 10.1 Å². The fourth-order valence-corrected chi connectivity index (χ4v) is 3.67. The summed E-state index contributed by atoms with van der Waals surface area (Å²) < 4.78 is 54.6. The maximum atomic E-state index is 14.0. The van der Waals surface area contributed by atoms with Gasteiger partial charge in [-0.1, -0.05) is 6.92 Å². The van der Waals surface area contributed by atoms with Crippen LogP contribution in [-0.4, -0.2) is 46.1 Å². The predicted molar refractivity (Wildman–Crippen MR) is 107 cm³/mol. The van der Waals surface area contributed by atoms with Gasteiger partial charge in [0.15, 0.2) is 11.6 Å². The Morgan fingerprint density at radius 1 is 1.19 bits per heavy atom. The summed E-state index contributed by atoms with van der Waals surface area (Å²) in [7, 11) is 0. The maximum absolute atomic E-state index is 14.0. The molecule has 1 N–H and O–H groups in total. The van der Waals surface area contributed by atoms with Gasteiger partial charge in [-0.3, -0.25) is 14.9 Å². The monoisotopic (exact) mass is 454 g/mol. The first-order valence-electron chi connectivity index (χ1n) is 9.92. The van der Waals surface area contributed by atoms with Crippen LogP contribution in [0.15, 0.2) is 30.5 Å². The summed E-state index contributed by atoms with van der Waals surface area (Å²) >= 11 is 0. The quantitative estimate of drug-likeness (QED) is 0.705. The number of hydrogen-bond donors (Lipinski definition) is 1. The van der Waals surface area contributed by atoms with Crippen molar-refractivity contribution in [2.24, 2.45) is 0 Å². The molecule has 2 amide bonds. The van der Waals surface area contributed by atoms with Crippen LogP contribution in [0.5, 0.6) is 5.75 Å². The Balaban J connectivity index is 1.73. The second-order valence-electron chi connectivity index (χ2n) is 7.85. The lowest BCUT2D eigenvalue weighted by Gasteiger charge is -2.28. The van der Waals surface area contributed by atoms with Gasteiger partial charge in [0.05, 0.1) is 5.69 Å². The highest BCUT2D eigenvalue weighted by atomic mass is 19.4. The molecule has 0 saturated carbocycles. The number of rotatable bonds is 4. The zero-order chi connectivity index (χ0) is 23.5. The third-order valence-corrected chi connectivity index (χ3v) is 5.34. The first-order valence-corrected chi connectivity index (χ1v) is 9.92. The van der Waals surface area contributed by atoms with Crippen molar-refractivity contribution >= 4 is 17.8 Å². The lowest BCUT2D eigenvalue weighted by atomic mass is 9.79. The van der Waals surface area contributed by atoms with Gasteiger partial charge in [-0.25, -0.2) is 14.4 Å². The summed E-state index contributed by atoms with van der Waals surface area (Å²) in [5, 5.41) is 2.55. The third kappa shape index (κ3) is 5.71. The Labute approximate surface area is 181 Å². The largest absolute Gasteiger partial charge is 0.573 e. The van der Waals surface area contributed by atoms with E-state index in [-0.39, 0.29) is 22.8 Å². The molecule has 7 nitrogen and oxygen atoms in total. The van der Waals surface area contributed by atoms with E-state index in [1.54, 1.807) is 17.2 Å². The molecule has 0 spiro atoms. The minimum Gasteiger partial charge on any atom is -0.403 e. The fourth-order valence-electron chi connectivity index (χ4n) is 3.67. The van der Waals surface area contributed by atoms with E-state index in [9.17, 15) is 27.2 Å². The SMILES string of the molecule is CC(=O)Nc1nccc(C2(C)CCCN(C(=O)c3ccc(OC(F)(F)F)c(F)c3)CC2)n1. The Kier molecular flexibility index (Phi) is 6.65. The number of nitrogens with zero attached hydrogens (tertiary/aromatic N) is 3. The third-order valence-electron chi connectivity index (χ3n) is 5.34. The number of aromatic nitrogens is 2. The molecule has 1 aromatic carbocycles. The standard InChI is InChI=1S/C21H22F4N4O3/c1-13(30)27-19-26-9-6-17(28-19)20(2)7-3-10-29(11-8-20)18(31)14-4-5-16(15(22)12-14)32-21(23,24)25/h4-6,9,12H,3,7-8,10-11H2,1-2H3,(H,26,27,28,30). The summed E-state index contributed by atoms with van der Waals surface area (Å²) in [6.45, 7) is 4.11. The summed E-state index contributed by atoms with van der Waals surface area (Å²) in [4.78, 5) is 34.1. The second kappa shape index (κ2) is 9.09. The van der Waals surface area contributed by atoms with E-state index in [2.05, 4.69) is 20.0 Å². The van der Waals surface area contributed by atoms with Gasteiger partial charge in [0.25, 0.3) is 5.91 Å². The molecule has 1 aliphatic heterocycles. The Hall–Kier alpha value is -3.24. The van der Waals surface area contributed by atoms with Crippen LogP contribution in [0.2, 0.25) is 0 Å². The summed E-state index contributed by atoms with van der Waals surface area (Å²) in [5.41, 5.74) is 0.279. The highest BCUT2D eigenvalue weighted by Gasteiger charge is 2.34. The number of carbonyl (C=O) groups is 2. The van der Waals surface area contributed by atoms with E-state index in [1.807, 2.05) is 6.92 Å². The minimum atomic E-state index is -5.03. The van der Waals surface area contributed by atoms with Gasteiger partial charge < -0.3 is 9.64 Å². The van der Waals surface area contributed by atoms with E-state index >= 15 is 0 Å². The average Bonchev–Trinajstić information content (AvgIpc) is 2.90. The number of hydrogen-bond acceptors (Lipinski definition) is 5. The van der Waals surface area contributed by atoms with Crippen molar-refractivity contribution in [1.29, 1.82) is 0 Å². The smallest absolute Gasteiger partial charge is 0.403 e. The van der Waals surface area contributed by atoms with Crippen molar-refractivity contribution in [3.05, 3.63) is 47.5 Å². The molecule has 1 saturated heterocycles. The first kappa shape index (κ1) is 23.4. The molecule has 32 heavy (non-hydrogen) atoms. The van der Waals surface area contributed by atoms with Crippen LogP contribution in [0.4, 0.5) is 23.5 Å². The Morgan fingerprint density at radius 3 is 2.59 bits per heavy atom. The molecule has 172 valence electrons. The zero-order valence-corrected chi connectivity index (χ0v) is 17.5. The molecule has 0 aliphatic carbocycles. The molecule has 3 rings (SSSR count). The van der Waals surface area contributed by atoms with Crippen LogP contribution in [0.1, 0.15) is 49.2 Å². The van der Waals surface area contributed by atoms with Gasteiger partial charge in [-0.15, -0.1) is 13.2 Å². The van der Waals surface area contributed by atoms with E-state index in [0.29, 0.717) is 32.4 Å². The van der Waals surface area contributed by atoms with Crippen molar-refractivity contribution in [2.75, 3.05) is 18.4 Å². The van der Waals surface area contributed by atoms with Crippen molar-refractivity contribution in [2.45, 2.75) is 44.9 Å². The molecular weight excluding hydrogens is 432 g/mol. The van der Waals surface area contributed by atoms with E-state index in [0.717, 1.165) is 23.9 Å². The Morgan fingerprint density at radius 2 is 1.94 bits per heavy atom. The van der Waals surface area contributed by atoms with Crippen LogP contribution in [0.3, 0.4) is 0 Å². The fraction of sp³-hybridized carbons (Fsp3) is 0.429. The van der Waals surface area contributed by atoms with E-state index < -0.39 is 23.8 Å². The number of halogens is 4. The first-order chi connectivity index (χ1) is 15.0. The van der Waals surface area contributed by atoms with Crippen molar-refractivity contribution in [1.82, 2.24) is 14.9 Å². The molecule has 11 heteroatoms. The highest BCUT2D eigenvalue weighted by Crippen LogP contribution is 2.35. The van der Waals surface area contributed by atoms with E-state index in [4.69, 9.17) is 0 Å². The lowest BCUT2D eigenvalue weighted by molar-refractivity contribution is -0.275. The lowest BCUT2D eigenvalue weighted by Crippen LogP contribution is -2.33. The zero-order valence-electron chi connectivity index (χ0n) is 17.5. The molecule has 1 atom stereocenters. The topological polar surface area (TPSA) is 84.4 Å². The summed E-state index contributed by atoms with van der Waals surface area (Å²) in [6.07, 6.45) is -1.57. The number of carbonyl (C=O) groups excluding carboxylic acids is 2. The van der Waals surface area contributed by atoms with Gasteiger partial charge in [-0.05, 0) is 43.5 Å². The molecule has 1 aromatic heterocycles. The van der Waals surface area contributed by atoms with E-state index in [1.165, 1.54) is 6.92 Å². The van der Waals surface area contributed by atoms with Gasteiger partial charge >= 0.3 is 6.36 Å². The van der Waals surface area contributed by atoms with Crippen molar-refractivity contribution in [3.63, 3.8) is 0 Å². The van der Waals surface area contributed by atoms with Crippen LogP contribution in [0, 0.1) is 5.82 Å². The van der Waals surface area contributed by atoms with Gasteiger partial charge in [0.1, 0.15) is 0 Å². The van der Waals surface area contributed by atoms with Crippen molar-refractivity contribution in [3.8, 4) is 5.75 Å². The van der Waals surface area contributed by atoms with Gasteiger partial charge in [0.2, 0.25) is 11.9 Å².